The van der Waals surface area contributed by atoms with Crippen LogP contribution in [-0.4, -0.2) is 41.7 Å². The van der Waals surface area contributed by atoms with Gasteiger partial charge in [0, 0.05) is 5.33 Å². The number of aliphatic hydroxyl groups excluding tert-OH is 1. The van der Waals surface area contributed by atoms with Gasteiger partial charge in [0.05, 0.1) is 12.3 Å². The number of likely N-dealkylation sites (N-methyl/N-ethyl adjacent to an activating group) is 1. The van der Waals surface area contributed by atoms with Crippen LogP contribution in [0.25, 0.3) is 0 Å². The Morgan fingerprint density at radius 1 is 1.67 bits per heavy atom. The monoisotopic (exact) mass is 196 g/mol. The Bertz CT molecular complexity index is 79.4. The second kappa shape index (κ2) is 4.22. The molecule has 0 unspecified atom stereocenters. The third kappa shape index (κ3) is 3.15. The molecule has 0 aromatic carbocycles. The highest BCUT2D eigenvalue weighted by atomic mass is 79.9. The molecule has 0 aliphatic rings. The predicted molar refractivity (Wildman–Crippen MR) is 41.5 cm³/mol. The quantitative estimate of drug-likeness (QED) is 0.477. The van der Waals surface area contributed by atoms with Crippen LogP contribution >= 0.6 is 15.9 Å². The van der Waals surface area contributed by atoms with Crippen LogP contribution in [0.15, 0.2) is 0 Å². The van der Waals surface area contributed by atoms with Crippen LogP contribution in [0.5, 0.6) is 0 Å². The maximum Gasteiger partial charge on any atom is 0.0921 e. The summed E-state index contributed by atoms with van der Waals surface area (Å²) < 4.78 is 0. The topological polar surface area (TPSA) is 49.5 Å². The molecule has 0 aromatic rings. The van der Waals surface area contributed by atoms with Gasteiger partial charge in [0.15, 0.2) is 0 Å². The van der Waals surface area contributed by atoms with E-state index in [0.29, 0.717) is 5.33 Å². The van der Waals surface area contributed by atoms with E-state index in [9.17, 15) is 0 Å². The number of halogens is 1. The van der Waals surface area contributed by atoms with Gasteiger partial charge >= 0.3 is 0 Å². The fourth-order valence-electron chi connectivity index (χ4n) is 0.435. The van der Waals surface area contributed by atoms with Crippen molar-refractivity contribution in [1.29, 1.82) is 0 Å². The first kappa shape index (κ1) is 9.36. The number of nitrogens with two attached hydrogens (primary N) is 1. The minimum absolute atomic E-state index is 0.274. The van der Waals surface area contributed by atoms with E-state index < -0.39 is 6.10 Å². The summed E-state index contributed by atoms with van der Waals surface area (Å²) in [6.45, 7) is 0. The van der Waals surface area contributed by atoms with E-state index in [1.807, 2.05) is 14.1 Å². The molecule has 3 N–H and O–H groups in total. The molecule has 56 valence electrons. The highest BCUT2D eigenvalue weighted by molar-refractivity contribution is 9.09. The van der Waals surface area contributed by atoms with Crippen molar-refractivity contribution in [2.24, 2.45) is 5.73 Å². The maximum atomic E-state index is 9.08. The van der Waals surface area contributed by atoms with Gasteiger partial charge in [-0.1, -0.05) is 15.9 Å². The summed E-state index contributed by atoms with van der Waals surface area (Å²) in [5, 5.41) is 9.60. The fraction of sp³-hybridized carbons (Fsp3) is 1.00. The van der Waals surface area contributed by atoms with Crippen LogP contribution < -0.4 is 5.73 Å². The zero-order chi connectivity index (χ0) is 7.44. The van der Waals surface area contributed by atoms with Crippen molar-refractivity contribution in [3.63, 3.8) is 0 Å². The van der Waals surface area contributed by atoms with Crippen LogP contribution in [0.4, 0.5) is 0 Å². The summed E-state index contributed by atoms with van der Waals surface area (Å²) in [5.74, 6) is 0. The van der Waals surface area contributed by atoms with Gasteiger partial charge in [0.25, 0.3) is 0 Å². The Kier molecular flexibility index (Phi) is 4.39. The Balaban J connectivity index is 3.58. The van der Waals surface area contributed by atoms with Crippen molar-refractivity contribution >= 4 is 15.9 Å². The summed E-state index contributed by atoms with van der Waals surface area (Å²) >= 11 is 3.13. The molecule has 0 rings (SSSR count). The van der Waals surface area contributed by atoms with Gasteiger partial charge in [-0.15, -0.1) is 0 Å². The van der Waals surface area contributed by atoms with E-state index in [4.69, 9.17) is 10.8 Å². The van der Waals surface area contributed by atoms with Crippen molar-refractivity contribution in [1.82, 2.24) is 4.90 Å². The highest BCUT2D eigenvalue weighted by Crippen LogP contribution is 1.96. The van der Waals surface area contributed by atoms with Crippen molar-refractivity contribution < 1.29 is 5.11 Å². The molecule has 0 bridgehead atoms. The van der Waals surface area contributed by atoms with Gasteiger partial charge < -0.3 is 10.8 Å². The largest absolute Gasteiger partial charge is 0.389 e. The van der Waals surface area contributed by atoms with Crippen LogP contribution in [0.2, 0.25) is 0 Å². The lowest BCUT2D eigenvalue weighted by Crippen LogP contribution is -2.46. The maximum absolute atomic E-state index is 9.08. The molecule has 0 aliphatic heterocycles. The van der Waals surface area contributed by atoms with Crippen molar-refractivity contribution in [2.75, 3.05) is 19.4 Å². The first-order valence-electron chi connectivity index (χ1n) is 2.75. The molecule has 0 saturated heterocycles. The van der Waals surface area contributed by atoms with E-state index in [2.05, 4.69) is 15.9 Å². The standard InChI is InChI=1S/C5H13BrN2O/c1-8(2)5(7)4(9)3-6/h4-5,9H,3,7H2,1-2H3/t4-,5-/m1/s1. The summed E-state index contributed by atoms with van der Waals surface area (Å²) in [7, 11) is 3.66. The number of hydrogen-bond acceptors (Lipinski definition) is 3. The number of rotatable bonds is 3. The second-order valence-electron chi connectivity index (χ2n) is 2.18. The molecule has 2 atom stereocenters. The van der Waals surface area contributed by atoms with Gasteiger partial charge in [0.1, 0.15) is 0 Å². The molecule has 0 amide bonds. The fourth-order valence-corrected chi connectivity index (χ4v) is 0.818. The minimum Gasteiger partial charge on any atom is -0.389 e. The minimum atomic E-state index is -0.486. The summed E-state index contributed by atoms with van der Waals surface area (Å²) in [6.07, 6.45) is -0.760. The Morgan fingerprint density at radius 3 is 2.22 bits per heavy atom. The zero-order valence-electron chi connectivity index (χ0n) is 5.71. The van der Waals surface area contributed by atoms with Crippen molar-refractivity contribution in [2.45, 2.75) is 12.3 Å². The van der Waals surface area contributed by atoms with Crippen molar-refractivity contribution in [3.05, 3.63) is 0 Å². The molecule has 0 heterocycles. The number of aliphatic hydroxyl groups is 1. The van der Waals surface area contributed by atoms with E-state index in [-0.39, 0.29) is 6.17 Å². The molecule has 0 spiro atoms. The van der Waals surface area contributed by atoms with Crippen LogP contribution in [0.3, 0.4) is 0 Å². The Morgan fingerprint density at radius 2 is 2.11 bits per heavy atom. The molecule has 0 fully saturated rings. The molecular formula is C5H13BrN2O. The average Bonchev–Trinajstić information content (AvgIpc) is 1.84. The predicted octanol–water partition coefficient (Wildman–Crippen LogP) is -0.411. The molecule has 0 aromatic heterocycles. The first-order chi connectivity index (χ1) is 4.09. The van der Waals surface area contributed by atoms with E-state index in [0.717, 1.165) is 0 Å². The van der Waals surface area contributed by atoms with Gasteiger partial charge in [-0.25, -0.2) is 0 Å². The Labute approximate surface area is 64.0 Å². The number of nitrogens with zero attached hydrogens (tertiary/aromatic N) is 1. The van der Waals surface area contributed by atoms with Crippen LogP contribution in [0, 0.1) is 0 Å². The van der Waals surface area contributed by atoms with E-state index in [1.54, 1.807) is 4.90 Å². The lowest BCUT2D eigenvalue weighted by atomic mass is 10.3. The second-order valence-corrected chi connectivity index (χ2v) is 2.82. The third-order valence-electron chi connectivity index (χ3n) is 1.15. The lowest BCUT2D eigenvalue weighted by molar-refractivity contribution is 0.0986. The molecule has 0 saturated carbocycles. The highest BCUT2D eigenvalue weighted by Gasteiger charge is 2.13. The lowest BCUT2D eigenvalue weighted by Gasteiger charge is -2.23. The summed E-state index contributed by atoms with van der Waals surface area (Å²) in [6, 6.07) is 0. The van der Waals surface area contributed by atoms with E-state index in [1.165, 1.54) is 0 Å². The summed E-state index contributed by atoms with van der Waals surface area (Å²) in [5.41, 5.74) is 5.52. The average molecular weight is 197 g/mol. The van der Waals surface area contributed by atoms with Crippen LogP contribution in [-0.2, 0) is 0 Å². The van der Waals surface area contributed by atoms with Crippen molar-refractivity contribution in [3.8, 4) is 0 Å². The smallest absolute Gasteiger partial charge is 0.0921 e. The van der Waals surface area contributed by atoms with E-state index >= 15 is 0 Å². The third-order valence-corrected chi connectivity index (χ3v) is 1.81. The molecule has 0 aliphatic carbocycles. The first-order valence-corrected chi connectivity index (χ1v) is 3.87. The number of alkyl halides is 1. The van der Waals surface area contributed by atoms with Gasteiger partial charge in [-0.3, -0.25) is 4.90 Å². The molecule has 0 radical (unpaired) electrons. The Hall–Kier alpha value is 0.360. The SMILES string of the molecule is CN(C)[C@@H](N)[C@H](O)CBr. The molecule has 4 heteroatoms. The van der Waals surface area contributed by atoms with Gasteiger partial charge in [-0.05, 0) is 14.1 Å². The summed E-state index contributed by atoms with van der Waals surface area (Å²) in [4.78, 5) is 1.77. The molecular weight excluding hydrogens is 184 g/mol. The normalized spacial score (nSPS) is 18.0. The molecule has 3 nitrogen and oxygen atoms in total. The van der Waals surface area contributed by atoms with Crippen LogP contribution in [0.1, 0.15) is 0 Å². The van der Waals surface area contributed by atoms with Gasteiger partial charge in [0.2, 0.25) is 0 Å². The zero-order valence-corrected chi connectivity index (χ0v) is 7.30. The molecule has 9 heavy (non-hydrogen) atoms. The van der Waals surface area contributed by atoms with Gasteiger partial charge in [-0.2, -0.15) is 0 Å². The number of hydrogen-bond donors (Lipinski definition) is 2.